The predicted octanol–water partition coefficient (Wildman–Crippen LogP) is 5.24. The van der Waals surface area contributed by atoms with Gasteiger partial charge in [0.05, 0.1) is 0 Å². The van der Waals surface area contributed by atoms with Gasteiger partial charge in [0, 0.05) is 18.5 Å². The maximum Gasteiger partial charge on any atom is 0.261 e. The lowest BCUT2D eigenvalue weighted by Crippen LogP contribution is -2.55. The number of rotatable bonds is 9. The molecule has 1 N–H and O–H groups in total. The molecule has 3 aromatic carbocycles. The first-order valence-corrected chi connectivity index (χ1v) is 12.0. The van der Waals surface area contributed by atoms with Crippen LogP contribution in [0.4, 0.5) is 0 Å². The van der Waals surface area contributed by atoms with Crippen LogP contribution in [0.25, 0.3) is 0 Å². The van der Waals surface area contributed by atoms with E-state index in [-0.39, 0.29) is 18.4 Å². The quantitative estimate of drug-likeness (QED) is 0.464. The monoisotopic (exact) mass is 472 g/mol. The van der Waals surface area contributed by atoms with Crippen molar-refractivity contribution < 1.29 is 14.3 Å². The van der Waals surface area contributed by atoms with Crippen LogP contribution in [0, 0.1) is 13.8 Å². The van der Waals surface area contributed by atoms with Crippen molar-refractivity contribution in [3.63, 3.8) is 0 Å². The van der Waals surface area contributed by atoms with Gasteiger partial charge in [-0.1, -0.05) is 78.4 Å². The molecule has 35 heavy (non-hydrogen) atoms. The summed E-state index contributed by atoms with van der Waals surface area (Å²) in [5, 5.41) is 3.08. The minimum atomic E-state index is -0.688. The van der Waals surface area contributed by atoms with Gasteiger partial charge in [-0.25, -0.2) is 0 Å². The SMILES string of the molecule is Cc1ccc(OCC(=O)N(Cc2ccccc2)C(Cc2ccccc2)C(=O)NC(C)(C)C)c(C)c1. The van der Waals surface area contributed by atoms with E-state index in [2.05, 4.69) is 5.32 Å². The second kappa shape index (κ2) is 11.7. The maximum absolute atomic E-state index is 13.6. The van der Waals surface area contributed by atoms with Gasteiger partial charge in [0.2, 0.25) is 5.91 Å². The number of nitrogens with zero attached hydrogens (tertiary/aromatic N) is 1. The van der Waals surface area contributed by atoms with Crippen LogP contribution in [0.5, 0.6) is 5.75 Å². The molecule has 3 rings (SSSR count). The summed E-state index contributed by atoms with van der Waals surface area (Å²) in [4.78, 5) is 28.8. The molecule has 0 aliphatic rings. The Balaban J connectivity index is 1.91. The number of hydrogen-bond acceptors (Lipinski definition) is 3. The van der Waals surface area contributed by atoms with Gasteiger partial charge in [0.25, 0.3) is 5.91 Å². The molecule has 0 saturated heterocycles. The molecule has 5 nitrogen and oxygen atoms in total. The van der Waals surface area contributed by atoms with E-state index in [4.69, 9.17) is 4.74 Å². The molecule has 0 radical (unpaired) electrons. The molecule has 0 saturated carbocycles. The van der Waals surface area contributed by atoms with Crippen LogP contribution in [-0.4, -0.2) is 34.9 Å². The number of amides is 2. The van der Waals surface area contributed by atoms with Gasteiger partial charge in [-0.15, -0.1) is 0 Å². The lowest BCUT2D eigenvalue weighted by atomic mass is 10.0. The summed E-state index contributed by atoms with van der Waals surface area (Å²) in [6, 6.07) is 24.7. The van der Waals surface area contributed by atoms with Crippen molar-refractivity contribution in [2.45, 2.75) is 59.2 Å². The van der Waals surface area contributed by atoms with Crippen molar-refractivity contribution in [1.82, 2.24) is 10.2 Å². The molecule has 0 spiro atoms. The highest BCUT2D eigenvalue weighted by atomic mass is 16.5. The second-order valence-corrected chi connectivity index (χ2v) is 10.0. The summed E-state index contributed by atoms with van der Waals surface area (Å²) >= 11 is 0. The van der Waals surface area contributed by atoms with Crippen LogP contribution in [0.15, 0.2) is 78.9 Å². The van der Waals surface area contributed by atoms with E-state index in [0.29, 0.717) is 18.7 Å². The van der Waals surface area contributed by atoms with Crippen LogP contribution < -0.4 is 10.1 Å². The highest BCUT2D eigenvalue weighted by molar-refractivity contribution is 5.89. The zero-order valence-electron chi connectivity index (χ0n) is 21.4. The van der Waals surface area contributed by atoms with Gasteiger partial charge in [-0.05, 0) is 57.4 Å². The smallest absolute Gasteiger partial charge is 0.261 e. The van der Waals surface area contributed by atoms with Gasteiger partial charge in [-0.3, -0.25) is 9.59 Å². The fourth-order valence-electron chi connectivity index (χ4n) is 3.97. The first kappa shape index (κ1) is 26.0. The normalized spacial score (nSPS) is 12.0. The van der Waals surface area contributed by atoms with Gasteiger partial charge >= 0.3 is 0 Å². The summed E-state index contributed by atoms with van der Waals surface area (Å²) in [6.45, 7) is 9.97. The van der Waals surface area contributed by atoms with E-state index >= 15 is 0 Å². The minimum absolute atomic E-state index is 0.148. The van der Waals surface area contributed by atoms with Crippen LogP contribution >= 0.6 is 0 Å². The van der Waals surface area contributed by atoms with Crippen LogP contribution in [-0.2, 0) is 22.6 Å². The largest absolute Gasteiger partial charge is 0.483 e. The van der Waals surface area contributed by atoms with Gasteiger partial charge in [0.1, 0.15) is 11.8 Å². The van der Waals surface area contributed by atoms with Crippen molar-refractivity contribution in [3.05, 3.63) is 101 Å². The highest BCUT2D eigenvalue weighted by Gasteiger charge is 2.32. The molecule has 1 atom stereocenters. The Hall–Kier alpha value is -3.60. The minimum Gasteiger partial charge on any atom is -0.483 e. The molecule has 0 fully saturated rings. The molecule has 0 aromatic heterocycles. The third kappa shape index (κ3) is 7.99. The fraction of sp³-hybridized carbons (Fsp3) is 0.333. The summed E-state index contributed by atoms with van der Waals surface area (Å²) in [5.74, 6) is 0.248. The van der Waals surface area contributed by atoms with Gasteiger partial charge in [-0.2, -0.15) is 0 Å². The third-order valence-electron chi connectivity index (χ3n) is 5.65. The van der Waals surface area contributed by atoms with Crippen molar-refractivity contribution >= 4 is 11.8 Å². The highest BCUT2D eigenvalue weighted by Crippen LogP contribution is 2.20. The van der Waals surface area contributed by atoms with Gasteiger partial charge in [0.15, 0.2) is 6.61 Å². The van der Waals surface area contributed by atoms with E-state index in [1.165, 1.54) is 0 Å². The molecular weight excluding hydrogens is 436 g/mol. The maximum atomic E-state index is 13.6. The van der Waals surface area contributed by atoms with Crippen molar-refractivity contribution in [2.75, 3.05) is 6.61 Å². The lowest BCUT2D eigenvalue weighted by Gasteiger charge is -2.33. The second-order valence-electron chi connectivity index (χ2n) is 10.0. The number of ether oxygens (including phenoxy) is 1. The predicted molar refractivity (Wildman–Crippen MR) is 140 cm³/mol. The molecular formula is C30H36N2O3. The van der Waals surface area contributed by atoms with Crippen molar-refractivity contribution in [3.8, 4) is 5.75 Å². The van der Waals surface area contributed by atoms with Crippen LogP contribution in [0.3, 0.4) is 0 Å². The van der Waals surface area contributed by atoms with Crippen LogP contribution in [0.2, 0.25) is 0 Å². The Morgan fingerprint density at radius 2 is 1.49 bits per heavy atom. The molecule has 0 aliphatic carbocycles. The first-order valence-electron chi connectivity index (χ1n) is 12.0. The van der Waals surface area contributed by atoms with Crippen molar-refractivity contribution in [1.29, 1.82) is 0 Å². The van der Waals surface area contributed by atoms with Crippen molar-refractivity contribution in [2.24, 2.45) is 0 Å². The summed E-state index contributed by atoms with van der Waals surface area (Å²) in [6.07, 6.45) is 0.408. The number of benzene rings is 3. The summed E-state index contributed by atoms with van der Waals surface area (Å²) < 4.78 is 5.93. The Morgan fingerprint density at radius 3 is 2.06 bits per heavy atom. The van der Waals surface area contributed by atoms with Crippen LogP contribution in [0.1, 0.15) is 43.0 Å². The van der Waals surface area contributed by atoms with E-state index in [1.54, 1.807) is 4.90 Å². The molecule has 3 aromatic rings. The zero-order valence-corrected chi connectivity index (χ0v) is 21.4. The number of aryl methyl sites for hydroxylation is 2. The molecule has 184 valence electrons. The fourth-order valence-corrected chi connectivity index (χ4v) is 3.97. The standard InChI is InChI=1S/C30H36N2O3/c1-22-16-17-27(23(2)18-22)35-21-28(33)32(20-25-14-10-7-11-15-25)26(29(34)31-30(3,4)5)19-24-12-8-6-9-13-24/h6-18,26H,19-21H2,1-5H3,(H,31,34). The lowest BCUT2D eigenvalue weighted by molar-refractivity contribution is -0.143. The first-order chi connectivity index (χ1) is 16.6. The molecule has 0 bridgehead atoms. The molecule has 1 unspecified atom stereocenters. The summed E-state index contributed by atoms with van der Waals surface area (Å²) in [7, 11) is 0. The summed E-state index contributed by atoms with van der Waals surface area (Å²) in [5.41, 5.74) is 3.62. The average Bonchev–Trinajstić information content (AvgIpc) is 2.81. The molecule has 5 heteroatoms. The molecule has 2 amide bonds. The van der Waals surface area contributed by atoms with E-state index in [9.17, 15) is 9.59 Å². The number of carbonyl (C=O) groups is 2. The number of hydrogen-bond donors (Lipinski definition) is 1. The Labute approximate surface area is 209 Å². The zero-order chi connectivity index (χ0) is 25.4. The third-order valence-corrected chi connectivity index (χ3v) is 5.65. The number of carbonyl (C=O) groups excluding carboxylic acids is 2. The Bertz CT molecular complexity index is 1120. The molecule has 0 heterocycles. The van der Waals surface area contributed by atoms with E-state index in [1.807, 2.05) is 113 Å². The topological polar surface area (TPSA) is 58.6 Å². The Morgan fingerprint density at radius 1 is 0.886 bits per heavy atom. The average molecular weight is 473 g/mol. The van der Waals surface area contributed by atoms with E-state index in [0.717, 1.165) is 22.3 Å². The molecule has 0 aliphatic heterocycles. The Kier molecular flexibility index (Phi) is 8.69. The van der Waals surface area contributed by atoms with Gasteiger partial charge < -0.3 is 15.0 Å². The number of nitrogens with one attached hydrogen (secondary N) is 1. The van der Waals surface area contributed by atoms with E-state index < -0.39 is 11.6 Å².